The molecule has 2 aromatic heterocycles. The zero-order chi connectivity index (χ0) is 14.0. The van der Waals surface area contributed by atoms with E-state index in [-0.39, 0.29) is 12.5 Å². The van der Waals surface area contributed by atoms with Crippen LogP contribution in [0.3, 0.4) is 0 Å². The lowest BCUT2D eigenvalue weighted by molar-refractivity contribution is -0.138. The quantitative estimate of drug-likeness (QED) is 0.857. The van der Waals surface area contributed by atoms with E-state index in [9.17, 15) is 4.79 Å². The van der Waals surface area contributed by atoms with E-state index in [1.807, 2.05) is 20.9 Å². The first kappa shape index (κ1) is 13.2. The van der Waals surface area contributed by atoms with E-state index in [1.54, 1.807) is 15.6 Å². The Kier molecular flexibility index (Phi) is 3.59. The topological polar surface area (TPSA) is 98.7 Å². The molecule has 0 radical (unpaired) electrons. The van der Waals surface area contributed by atoms with Crippen LogP contribution >= 0.6 is 0 Å². The summed E-state index contributed by atoms with van der Waals surface area (Å²) in [6, 6.07) is -0.262. The number of aryl methyl sites for hydroxylation is 1. The summed E-state index contributed by atoms with van der Waals surface area (Å²) in [4.78, 5) is 10.9. The summed E-state index contributed by atoms with van der Waals surface area (Å²) >= 11 is 0. The molecule has 8 nitrogen and oxygen atoms in total. The molecule has 0 saturated heterocycles. The molecule has 2 aromatic rings. The third kappa shape index (κ3) is 2.47. The fraction of sp³-hybridized carbons (Fsp3) is 0.545. The Morgan fingerprint density at radius 2 is 2.26 bits per heavy atom. The van der Waals surface area contributed by atoms with E-state index in [1.165, 1.54) is 0 Å². The Hall–Kier alpha value is -2.25. The van der Waals surface area contributed by atoms with Crippen molar-refractivity contribution in [1.82, 2.24) is 30.0 Å². The second-order valence-corrected chi connectivity index (χ2v) is 4.37. The van der Waals surface area contributed by atoms with Crippen molar-refractivity contribution in [3.8, 4) is 11.4 Å². The van der Waals surface area contributed by atoms with Crippen LogP contribution < -0.4 is 0 Å². The molecule has 0 saturated carbocycles. The third-order valence-electron chi connectivity index (χ3n) is 3.20. The average Bonchev–Trinajstić information content (AvgIpc) is 2.95. The van der Waals surface area contributed by atoms with Crippen molar-refractivity contribution in [3.05, 3.63) is 11.9 Å². The lowest BCUT2D eigenvalue weighted by atomic mass is 10.1. The molecular formula is C11H16N6O2. The van der Waals surface area contributed by atoms with Crippen LogP contribution in [0, 0.1) is 6.92 Å². The zero-order valence-corrected chi connectivity index (χ0v) is 11.1. The zero-order valence-electron chi connectivity index (χ0n) is 11.1. The maximum absolute atomic E-state index is 10.9. The van der Waals surface area contributed by atoms with E-state index in [0.29, 0.717) is 12.2 Å². The minimum absolute atomic E-state index is 0.00610. The van der Waals surface area contributed by atoms with Crippen molar-refractivity contribution in [3.63, 3.8) is 0 Å². The third-order valence-corrected chi connectivity index (χ3v) is 3.20. The van der Waals surface area contributed by atoms with Gasteiger partial charge in [0.15, 0.2) is 5.82 Å². The predicted octanol–water partition coefficient (Wildman–Crippen LogP) is 0.808. The first-order chi connectivity index (χ1) is 9.04. The number of carboxylic acid groups (broad SMARTS) is 1. The molecule has 0 aliphatic carbocycles. The van der Waals surface area contributed by atoms with Gasteiger partial charge in [0.25, 0.3) is 0 Å². The fourth-order valence-electron chi connectivity index (χ4n) is 1.94. The normalized spacial score (nSPS) is 12.6. The van der Waals surface area contributed by atoms with Crippen LogP contribution in [0.1, 0.15) is 31.5 Å². The number of carbonyl (C=O) groups is 1. The van der Waals surface area contributed by atoms with Crippen LogP contribution in [-0.2, 0) is 11.8 Å². The maximum atomic E-state index is 10.9. The summed E-state index contributed by atoms with van der Waals surface area (Å²) in [6.07, 6.45) is 2.32. The lowest BCUT2D eigenvalue weighted by Gasteiger charge is -2.13. The molecule has 8 heteroatoms. The van der Waals surface area contributed by atoms with Crippen LogP contribution in [0.5, 0.6) is 0 Å². The van der Waals surface area contributed by atoms with E-state index < -0.39 is 5.97 Å². The molecule has 0 fully saturated rings. The number of carboxylic acids is 1. The van der Waals surface area contributed by atoms with Gasteiger partial charge in [0.05, 0.1) is 24.2 Å². The van der Waals surface area contributed by atoms with Gasteiger partial charge in [0.2, 0.25) is 0 Å². The number of aliphatic carboxylic acids is 1. The van der Waals surface area contributed by atoms with Gasteiger partial charge in [0.1, 0.15) is 0 Å². The number of hydrogen-bond donors (Lipinski definition) is 1. The van der Waals surface area contributed by atoms with Crippen LogP contribution in [0.2, 0.25) is 0 Å². The first-order valence-corrected chi connectivity index (χ1v) is 6.03. The summed E-state index contributed by atoms with van der Waals surface area (Å²) in [7, 11) is 1.83. The summed E-state index contributed by atoms with van der Waals surface area (Å²) in [6.45, 7) is 3.83. The number of tetrazole rings is 1. The summed E-state index contributed by atoms with van der Waals surface area (Å²) < 4.78 is 3.30. The maximum Gasteiger partial charge on any atom is 0.305 e. The highest BCUT2D eigenvalue weighted by atomic mass is 16.4. The van der Waals surface area contributed by atoms with Crippen molar-refractivity contribution in [2.75, 3.05) is 0 Å². The molecule has 0 bridgehead atoms. The van der Waals surface area contributed by atoms with Gasteiger partial charge in [-0.05, 0) is 23.8 Å². The fourth-order valence-corrected chi connectivity index (χ4v) is 1.94. The van der Waals surface area contributed by atoms with Crippen LogP contribution in [0.4, 0.5) is 0 Å². The molecule has 0 aromatic carbocycles. The van der Waals surface area contributed by atoms with Crippen molar-refractivity contribution in [2.45, 2.75) is 32.7 Å². The molecule has 0 spiro atoms. The smallest absolute Gasteiger partial charge is 0.305 e. The highest BCUT2D eigenvalue weighted by Crippen LogP contribution is 2.24. The predicted molar refractivity (Wildman–Crippen MR) is 66.3 cm³/mol. The van der Waals surface area contributed by atoms with Gasteiger partial charge in [-0.1, -0.05) is 6.92 Å². The van der Waals surface area contributed by atoms with Crippen molar-refractivity contribution in [2.24, 2.45) is 7.05 Å². The highest BCUT2D eigenvalue weighted by Gasteiger charge is 2.21. The van der Waals surface area contributed by atoms with Crippen molar-refractivity contribution >= 4 is 5.97 Å². The molecule has 0 amide bonds. The number of aromatic nitrogens is 6. The second-order valence-electron chi connectivity index (χ2n) is 4.37. The minimum atomic E-state index is -0.865. The van der Waals surface area contributed by atoms with E-state index >= 15 is 0 Å². The Labute approximate surface area is 110 Å². The Bertz CT molecular complexity index is 588. The molecule has 1 N–H and O–H groups in total. The second kappa shape index (κ2) is 5.17. The van der Waals surface area contributed by atoms with E-state index in [2.05, 4.69) is 20.6 Å². The molecule has 0 aliphatic heterocycles. The van der Waals surface area contributed by atoms with Crippen LogP contribution in [0.25, 0.3) is 11.4 Å². The molecule has 0 aliphatic rings. The summed E-state index contributed by atoms with van der Waals surface area (Å²) in [5.74, 6) is -0.310. The molecule has 1 atom stereocenters. The first-order valence-electron chi connectivity index (χ1n) is 6.03. The van der Waals surface area contributed by atoms with Crippen LogP contribution in [0.15, 0.2) is 6.20 Å². The van der Waals surface area contributed by atoms with Crippen molar-refractivity contribution in [1.29, 1.82) is 0 Å². The molecule has 2 heterocycles. The average molecular weight is 264 g/mol. The van der Waals surface area contributed by atoms with Crippen LogP contribution in [-0.4, -0.2) is 41.1 Å². The SMILES string of the molecule is CCC(CC(=O)O)n1nnnc1-c1cnn(C)c1C. The van der Waals surface area contributed by atoms with Gasteiger partial charge < -0.3 is 5.11 Å². The lowest BCUT2D eigenvalue weighted by Crippen LogP contribution is -2.15. The van der Waals surface area contributed by atoms with E-state index in [0.717, 1.165) is 11.3 Å². The van der Waals surface area contributed by atoms with Gasteiger partial charge in [-0.25, -0.2) is 4.68 Å². The Balaban J connectivity index is 2.41. The molecule has 102 valence electrons. The van der Waals surface area contributed by atoms with Gasteiger partial charge >= 0.3 is 5.97 Å². The Morgan fingerprint density at radius 1 is 1.53 bits per heavy atom. The number of rotatable bonds is 5. The van der Waals surface area contributed by atoms with Crippen molar-refractivity contribution < 1.29 is 9.90 Å². The summed E-state index contributed by atoms with van der Waals surface area (Å²) in [5.41, 5.74) is 1.75. The standard InChI is InChI=1S/C11H16N6O2/c1-4-8(5-10(18)19)17-11(13-14-15-17)9-6-12-16(3)7(9)2/h6,8H,4-5H2,1-3H3,(H,18,19). The monoisotopic (exact) mass is 264 g/mol. The van der Waals surface area contributed by atoms with Gasteiger partial charge in [-0.2, -0.15) is 5.10 Å². The van der Waals surface area contributed by atoms with Gasteiger partial charge in [0, 0.05) is 12.7 Å². The summed E-state index contributed by atoms with van der Waals surface area (Å²) in [5, 5.41) is 24.7. The van der Waals surface area contributed by atoms with E-state index in [4.69, 9.17) is 5.11 Å². The molecule has 19 heavy (non-hydrogen) atoms. The minimum Gasteiger partial charge on any atom is -0.481 e. The molecule has 2 rings (SSSR count). The largest absolute Gasteiger partial charge is 0.481 e. The number of nitrogens with zero attached hydrogens (tertiary/aromatic N) is 6. The number of hydrogen-bond acceptors (Lipinski definition) is 5. The highest BCUT2D eigenvalue weighted by molar-refractivity contribution is 5.67. The van der Waals surface area contributed by atoms with Gasteiger partial charge in [-0.3, -0.25) is 9.48 Å². The van der Waals surface area contributed by atoms with Gasteiger partial charge in [-0.15, -0.1) is 5.10 Å². The molecular weight excluding hydrogens is 248 g/mol. The molecule has 1 unspecified atom stereocenters. The Morgan fingerprint density at radius 3 is 2.79 bits per heavy atom.